The molecule has 0 spiro atoms. The number of nitrogens with two attached hydrogens (primary N) is 1. The van der Waals surface area contributed by atoms with Gasteiger partial charge in [0.1, 0.15) is 0 Å². The van der Waals surface area contributed by atoms with E-state index in [9.17, 15) is 5.11 Å². The number of hydrogen-bond donors (Lipinski definition) is 2. The summed E-state index contributed by atoms with van der Waals surface area (Å²) in [7, 11) is 0. The van der Waals surface area contributed by atoms with Gasteiger partial charge in [0.25, 0.3) is 0 Å². The zero-order chi connectivity index (χ0) is 13.1. The van der Waals surface area contributed by atoms with Crippen molar-refractivity contribution in [2.75, 3.05) is 6.54 Å². The zero-order valence-corrected chi connectivity index (χ0v) is 11.4. The number of aromatic nitrogens is 1. The number of aliphatic hydroxyl groups excluding tert-OH is 1. The topological polar surface area (TPSA) is 59.1 Å². The minimum Gasteiger partial charge on any atom is -0.387 e. The van der Waals surface area contributed by atoms with Crippen molar-refractivity contribution in [3.8, 4) is 0 Å². The van der Waals surface area contributed by atoms with Crippen molar-refractivity contribution in [1.82, 2.24) is 4.98 Å². The summed E-state index contributed by atoms with van der Waals surface area (Å²) < 4.78 is 0. The van der Waals surface area contributed by atoms with Crippen LogP contribution < -0.4 is 5.73 Å². The molecule has 2 rings (SSSR count). The van der Waals surface area contributed by atoms with Gasteiger partial charge in [-0.25, -0.2) is 0 Å². The second-order valence-corrected chi connectivity index (χ2v) is 5.74. The van der Waals surface area contributed by atoms with Gasteiger partial charge in [0, 0.05) is 34.6 Å². The first kappa shape index (κ1) is 13.2. The predicted octanol–water partition coefficient (Wildman–Crippen LogP) is 2.54. The minimum absolute atomic E-state index is 0.0783. The lowest BCUT2D eigenvalue weighted by molar-refractivity contribution is 0.151. The Morgan fingerprint density at radius 3 is 2.50 bits per heavy atom. The van der Waals surface area contributed by atoms with Crippen LogP contribution in [-0.2, 0) is 0 Å². The first-order chi connectivity index (χ1) is 8.63. The molecule has 0 aliphatic heterocycles. The molecule has 0 saturated heterocycles. The highest BCUT2D eigenvalue weighted by Gasteiger charge is 2.23. The minimum atomic E-state index is -0.546. The molecule has 0 aromatic carbocycles. The van der Waals surface area contributed by atoms with Crippen LogP contribution in [0.5, 0.6) is 0 Å². The molecule has 0 bridgehead atoms. The normalized spacial score (nSPS) is 14.4. The van der Waals surface area contributed by atoms with Crippen LogP contribution in [0.3, 0.4) is 0 Å². The summed E-state index contributed by atoms with van der Waals surface area (Å²) in [5.41, 5.74) is 8.07. The van der Waals surface area contributed by atoms with Gasteiger partial charge in [-0.15, -0.1) is 11.3 Å². The van der Waals surface area contributed by atoms with Gasteiger partial charge in [-0.3, -0.25) is 4.98 Å². The summed E-state index contributed by atoms with van der Waals surface area (Å²) in [6.07, 6.45) is 2.92. The Balaban J connectivity index is 2.28. The lowest BCUT2D eigenvalue weighted by Gasteiger charge is -2.20. The summed E-state index contributed by atoms with van der Waals surface area (Å²) >= 11 is 1.64. The second-order valence-electron chi connectivity index (χ2n) is 4.46. The van der Waals surface area contributed by atoms with Crippen LogP contribution in [0.4, 0.5) is 0 Å². The first-order valence-electron chi connectivity index (χ1n) is 5.98. The van der Waals surface area contributed by atoms with Crippen molar-refractivity contribution in [2.24, 2.45) is 5.73 Å². The number of nitrogens with zero attached hydrogens (tertiary/aromatic N) is 1. The van der Waals surface area contributed by atoms with E-state index in [1.54, 1.807) is 23.7 Å². The largest absolute Gasteiger partial charge is 0.387 e. The molecule has 0 aliphatic carbocycles. The molecule has 0 radical (unpaired) electrons. The van der Waals surface area contributed by atoms with E-state index in [0.29, 0.717) is 6.54 Å². The van der Waals surface area contributed by atoms with E-state index in [1.807, 2.05) is 12.1 Å². The van der Waals surface area contributed by atoms with Gasteiger partial charge in [0.2, 0.25) is 0 Å². The summed E-state index contributed by atoms with van der Waals surface area (Å²) in [6.45, 7) is 4.55. The maximum atomic E-state index is 10.5. The third-order valence-corrected chi connectivity index (χ3v) is 4.47. The summed E-state index contributed by atoms with van der Waals surface area (Å²) in [6, 6.07) is 5.87. The number of hydrogen-bond acceptors (Lipinski definition) is 4. The standard InChI is InChI=1S/C14H18N2OS/c1-9-7-13(18-10(9)2)14(17)12(8-15)11-3-5-16-6-4-11/h3-7,12,14,17H,8,15H2,1-2H3. The van der Waals surface area contributed by atoms with E-state index >= 15 is 0 Å². The fourth-order valence-corrected chi connectivity index (χ4v) is 3.10. The van der Waals surface area contributed by atoms with E-state index < -0.39 is 6.10 Å². The van der Waals surface area contributed by atoms with Gasteiger partial charge in [-0.1, -0.05) is 0 Å². The van der Waals surface area contributed by atoms with Crippen LogP contribution in [-0.4, -0.2) is 16.6 Å². The Morgan fingerprint density at radius 1 is 1.33 bits per heavy atom. The average molecular weight is 262 g/mol. The lowest BCUT2D eigenvalue weighted by atomic mass is 9.93. The molecule has 2 aromatic heterocycles. The van der Waals surface area contributed by atoms with Gasteiger partial charge in [-0.05, 0) is 43.2 Å². The third kappa shape index (κ3) is 2.61. The molecule has 96 valence electrons. The Bertz CT molecular complexity index is 490. The van der Waals surface area contributed by atoms with Crippen molar-refractivity contribution >= 4 is 11.3 Å². The quantitative estimate of drug-likeness (QED) is 0.890. The number of thiophene rings is 1. The average Bonchev–Trinajstić information content (AvgIpc) is 2.72. The van der Waals surface area contributed by atoms with E-state index in [2.05, 4.69) is 24.9 Å². The SMILES string of the molecule is Cc1cc(C(O)C(CN)c2ccncc2)sc1C. The molecule has 3 N–H and O–H groups in total. The number of rotatable bonds is 4. The molecule has 0 fully saturated rings. The second kappa shape index (κ2) is 5.61. The molecule has 2 aromatic rings. The summed E-state index contributed by atoms with van der Waals surface area (Å²) in [5, 5.41) is 10.5. The van der Waals surface area contributed by atoms with E-state index in [1.165, 1.54) is 10.4 Å². The number of aliphatic hydroxyl groups is 1. The molecular weight excluding hydrogens is 244 g/mol. The Hall–Kier alpha value is -1.23. The van der Waals surface area contributed by atoms with Crippen LogP contribution in [0.1, 0.15) is 32.9 Å². The molecule has 3 nitrogen and oxygen atoms in total. The van der Waals surface area contributed by atoms with Crippen molar-refractivity contribution in [3.63, 3.8) is 0 Å². The Morgan fingerprint density at radius 2 is 2.00 bits per heavy atom. The van der Waals surface area contributed by atoms with Gasteiger partial charge in [0.15, 0.2) is 0 Å². The zero-order valence-electron chi connectivity index (χ0n) is 10.6. The molecular formula is C14H18N2OS. The van der Waals surface area contributed by atoms with Gasteiger partial charge in [-0.2, -0.15) is 0 Å². The number of aryl methyl sites for hydroxylation is 2. The molecule has 0 amide bonds. The molecule has 2 unspecified atom stereocenters. The highest BCUT2D eigenvalue weighted by Crippen LogP contribution is 2.35. The maximum Gasteiger partial charge on any atom is 0.0962 e. The van der Waals surface area contributed by atoms with Gasteiger partial charge >= 0.3 is 0 Å². The van der Waals surface area contributed by atoms with Crippen molar-refractivity contribution in [2.45, 2.75) is 25.9 Å². The van der Waals surface area contributed by atoms with Gasteiger partial charge in [0.05, 0.1) is 6.10 Å². The fourth-order valence-electron chi connectivity index (χ4n) is 2.00. The predicted molar refractivity (Wildman–Crippen MR) is 74.8 cm³/mol. The van der Waals surface area contributed by atoms with Crippen LogP contribution in [0.25, 0.3) is 0 Å². The molecule has 0 saturated carbocycles. The molecule has 4 heteroatoms. The Labute approximate surface area is 111 Å². The highest BCUT2D eigenvalue weighted by atomic mass is 32.1. The van der Waals surface area contributed by atoms with E-state index in [-0.39, 0.29) is 5.92 Å². The number of pyridine rings is 1. The van der Waals surface area contributed by atoms with Crippen LogP contribution >= 0.6 is 11.3 Å². The van der Waals surface area contributed by atoms with Crippen molar-refractivity contribution in [3.05, 3.63) is 51.5 Å². The Kier molecular flexibility index (Phi) is 4.11. The third-order valence-electron chi connectivity index (χ3n) is 3.25. The smallest absolute Gasteiger partial charge is 0.0962 e. The maximum absolute atomic E-state index is 10.5. The van der Waals surface area contributed by atoms with Crippen molar-refractivity contribution < 1.29 is 5.11 Å². The lowest BCUT2D eigenvalue weighted by Crippen LogP contribution is -2.19. The molecule has 2 heterocycles. The molecule has 0 aliphatic rings. The van der Waals surface area contributed by atoms with Crippen LogP contribution in [0.15, 0.2) is 30.6 Å². The summed E-state index contributed by atoms with van der Waals surface area (Å²) in [4.78, 5) is 6.22. The van der Waals surface area contributed by atoms with Gasteiger partial charge < -0.3 is 10.8 Å². The fraction of sp³-hybridized carbons (Fsp3) is 0.357. The molecule has 18 heavy (non-hydrogen) atoms. The summed E-state index contributed by atoms with van der Waals surface area (Å²) in [5.74, 6) is -0.0783. The highest BCUT2D eigenvalue weighted by molar-refractivity contribution is 7.12. The first-order valence-corrected chi connectivity index (χ1v) is 6.80. The van der Waals surface area contributed by atoms with Crippen molar-refractivity contribution in [1.29, 1.82) is 0 Å². The van der Waals surface area contributed by atoms with Crippen LogP contribution in [0.2, 0.25) is 0 Å². The van der Waals surface area contributed by atoms with Crippen LogP contribution in [0, 0.1) is 13.8 Å². The van der Waals surface area contributed by atoms with E-state index in [4.69, 9.17) is 5.73 Å². The molecule has 2 atom stereocenters. The van der Waals surface area contributed by atoms with E-state index in [0.717, 1.165) is 10.4 Å². The monoisotopic (exact) mass is 262 g/mol.